The molecule has 0 aromatic heterocycles. The standard InChI is InChI=1S/C25H16Cl3F7N2O2/c1-2-7-36-22(39)23(5-6-23)37-21(38)14-4-3-12(8-16(14)25(33,34)35)19(29)11-15(24(30,31)32)13-9-17(26)20(28)18(27)10-13/h1,3-4,8-11,15H,5-7H2,(H,36,39)(H,37,38)/b19-11-. The number of halogens is 10. The molecule has 3 rings (SSSR count). The predicted octanol–water partition coefficient (Wildman–Crippen LogP) is 7.33. The largest absolute Gasteiger partial charge is 0.417 e. The van der Waals surface area contributed by atoms with Crippen LogP contribution in [0.15, 0.2) is 36.4 Å². The summed E-state index contributed by atoms with van der Waals surface area (Å²) < 4.78 is 97.8. The zero-order valence-corrected chi connectivity index (χ0v) is 21.6. The maximum Gasteiger partial charge on any atom is 0.417 e. The zero-order chi connectivity index (χ0) is 29.3. The first-order valence-corrected chi connectivity index (χ1v) is 12.0. The quantitative estimate of drug-likeness (QED) is 0.195. The minimum absolute atomic E-state index is 0.0557. The second kappa shape index (κ2) is 11.3. The SMILES string of the molecule is C#CCNC(=O)C1(NC(=O)c2ccc(/C(F)=C/C(c3cc(Cl)c(Cl)c(Cl)c3)C(F)(F)F)cc2C(F)(F)F)CC1. The van der Waals surface area contributed by atoms with E-state index in [0.29, 0.717) is 12.1 Å². The third-order valence-electron chi connectivity index (χ3n) is 5.76. The van der Waals surface area contributed by atoms with E-state index in [4.69, 9.17) is 41.2 Å². The summed E-state index contributed by atoms with van der Waals surface area (Å²) in [6, 6.07) is 3.13. The topological polar surface area (TPSA) is 58.2 Å². The summed E-state index contributed by atoms with van der Waals surface area (Å²) in [7, 11) is 0. The molecule has 1 saturated carbocycles. The van der Waals surface area contributed by atoms with Crippen molar-refractivity contribution in [2.75, 3.05) is 6.54 Å². The highest BCUT2D eigenvalue weighted by molar-refractivity contribution is 6.48. The minimum atomic E-state index is -5.20. The summed E-state index contributed by atoms with van der Waals surface area (Å²) in [5.41, 5.74) is -5.53. The van der Waals surface area contributed by atoms with Crippen LogP contribution in [0.3, 0.4) is 0 Å². The van der Waals surface area contributed by atoms with Crippen LogP contribution >= 0.6 is 34.8 Å². The summed E-state index contributed by atoms with van der Waals surface area (Å²) in [4.78, 5) is 24.9. The average Bonchev–Trinajstić information content (AvgIpc) is 3.62. The van der Waals surface area contributed by atoms with Gasteiger partial charge in [0.1, 0.15) is 17.3 Å². The van der Waals surface area contributed by atoms with Gasteiger partial charge in [0.25, 0.3) is 5.91 Å². The monoisotopic (exact) mass is 614 g/mol. The lowest BCUT2D eigenvalue weighted by Crippen LogP contribution is -2.49. The average molecular weight is 616 g/mol. The number of hydrogen-bond donors (Lipinski definition) is 2. The van der Waals surface area contributed by atoms with Crippen LogP contribution in [-0.2, 0) is 11.0 Å². The fraction of sp³-hybridized carbons (Fsp3) is 0.280. The number of carbonyl (C=O) groups excluding carboxylic acids is 2. The highest BCUT2D eigenvalue weighted by Gasteiger charge is 2.51. The van der Waals surface area contributed by atoms with Gasteiger partial charge in [0.2, 0.25) is 5.91 Å². The maximum absolute atomic E-state index is 15.0. The van der Waals surface area contributed by atoms with Crippen molar-refractivity contribution in [3.63, 3.8) is 0 Å². The number of alkyl halides is 6. The lowest BCUT2D eigenvalue weighted by atomic mass is 9.95. The van der Waals surface area contributed by atoms with E-state index < -0.39 is 63.7 Å². The van der Waals surface area contributed by atoms with Crippen LogP contribution in [0.1, 0.15) is 45.8 Å². The van der Waals surface area contributed by atoms with E-state index >= 15 is 4.39 Å². The van der Waals surface area contributed by atoms with Crippen molar-refractivity contribution >= 4 is 52.4 Å². The van der Waals surface area contributed by atoms with E-state index in [9.17, 15) is 35.9 Å². The molecule has 0 aliphatic heterocycles. The molecule has 2 aromatic carbocycles. The molecule has 2 N–H and O–H groups in total. The summed E-state index contributed by atoms with van der Waals surface area (Å²) >= 11 is 17.3. The minimum Gasteiger partial charge on any atom is -0.343 e. The van der Waals surface area contributed by atoms with Gasteiger partial charge in [0.05, 0.1) is 32.7 Å². The van der Waals surface area contributed by atoms with E-state index in [0.717, 1.165) is 12.1 Å². The number of carbonyl (C=O) groups is 2. The first kappa shape index (κ1) is 30.6. The molecule has 1 aliphatic rings. The molecular weight excluding hydrogens is 600 g/mol. The molecule has 0 radical (unpaired) electrons. The molecule has 2 amide bonds. The van der Waals surface area contributed by atoms with Gasteiger partial charge in [-0.3, -0.25) is 9.59 Å². The smallest absolute Gasteiger partial charge is 0.343 e. The van der Waals surface area contributed by atoms with E-state index in [1.165, 1.54) is 0 Å². The second-order valence-corrected chi connectivity index (χ2v) is 9.71. The third-order valence-corrected chi connectivity index (χ3v) is 6.96. The van der Waals surface area contributed by atoms with Crippen LogP contribution in [-0.4, -0.2) is 30.1 Å². The van der Waals surface area contributed by atoms with Gasteiger partial charge in [-0.15, -0.1) is 6.42 Å². The van der Waals surface area contributed by atoms with E-state index in [1.54, 1.807) is 0 Å². The van der Waals surface area contributed by atoms with Crippen molar-refractivity contribution < 1.29 is 40.3 Å². The fourth-order valence-corrected chi connectivity index (χ4v) is 4.23. The van der Waals surface area contributed by atoms with E-state index in [1.807, 2.05) is 0 Å². The molecule has 0 heterocycles. The molecule has 208 valence electrons. The Kier molecular flexibility index (Phi) is 8.85. The van der Waals surface area contributed by atoms with Crippen LogP contribution in [0.5, 0.6) is 0 Å². The Morgan fingerprint density at radius 2 is 1.64 bits per heavy atom. The molecule has 14 heteroatoms. The zero-order valence-electron chi connectivity index (χ0n) is 19.3. The van der Waals surface area contributed by atoms with Gasteiger partial charge in [-0.2, -0.15) is 26.3 Å². The second-order valence-electron chi connectivity index (χ2n) is 8.51. The normalized spacial score (nSPS) is 15.8. The van der Waals surface area contributed by atoms with Crippen molar-refractivity contribution in [2.24, 2.45) is 0 Å². The number of hydrogen-bond acceptors (Lipinski definition) is 2. The van der Waals surface area contributed by atoms with Crippen molar-refractivity contribution in [1.82, 2.24) is 10.6 Å². The van der Waals surface area contributed by atoms with Crippen molar-refractivity contribution in [3.8, 4) is 12.3 Å². The Labute approximate surface area is 232 Å². The first-order chi connectivity index (χ1) is 18.0. The molecule has 1 atom stereocenters. The number of rotatable bonds is 7. The molecule has 0 bridgehead atoms. The molecule has 1 fully saturated rings. The summed E-state index contributed by atoms with van der Waals surface area (Å²) in [6.45, 7) is -0.169. The summed E-state index contributed by atoms with van der Waals surface area (Å²) in [6.07, 6.45) is -4.90. The number of terminal acetylenes is 1. The van der Waals surface area contributed by atoms with Gasteiger partial charge in [0.15, 0.2) is 0 Å². The van der Waals surface area contributed by atoms with E-state index in [2.05, 4.69) is 16.6 Å². The summed E-state index contributed by atoms with van der Waals surface area (Å²) in [5.74, 6) is -4.14. The Bertz CT molecular complexity index is 1350. The maximum atomic E-state index is 15.0. The number of amides is 2. The van der Waals surface area contributed by atoms with Gasteiger partial charge in [-0.1, -0.05) is 46.8 Å². The third kappa shape index (κ3) is 6.99. The van der Waals surface area contributed by atoms with Crippen LogP contribution in [0.2, 0.25) is 15.1 Å². The molecule has 39 heavy (non-hydrogen) atoms. The van der Waals surface area contributed by atoms with Crippen molar-refractivity contribution in [2.45, 2.75) is 36.7 Å². The van der Waals surface area contributed by atoms with Gasteiger partial charge in [-0.25, -0.2) is 4.39 Å². The molecule has 1 unspecified atom stereocenters. The Morgan fingerprint density at radius 1 is 1.05 bits per heavy atom. The number of benzene rings is 2. The Hall–Kier alpha value is -2.94. The molecular formula is C25H16Cl3F7N2O2. The highest BCUT2D eigenvalue weighted by atomic mass is 35.5. The van der Waals surface area contributed by atoms with Crippen LogP contribution < -0.4 is 10.6 Å². The molecule has 1 aliphatic carbocycles. The van der Waals surface area contributed by atoms with Gasteiger partial charge in [-0.05, 0) is 48.7 Å². The van der Waals surface area contributed by atoms with Gasteiger partial charge < -0.3 is 10.6 Å². The van der Waals surface area contributed by atoms with Gasteiger partial charge in [0, 0.05) is 5.56 Å². The molecule has 4 nitrogen and oxygen atoms in total. The molecule has 0 spiro atoms. The van der Waals surface area contributed by atoms with Crippen LogP contribution in [0.25, 0.3) is 5.83 Å². The molecule has 2 aromatic rings. The Balaban J connectivity index is 1.99. The molecule has 0 saturated heterocycles. The van der Waals surface area contributed by atoms with Crippen molar-refractivity contribution in [1.29, 1.82) is 0 Å². The van der Waals surface area contributed by atoms with Gasteiger partial charge >= 0.3 is 12.4 Å². The van der Waals surface area contributed by atoms with E-state index in [-0.39, 0.29) is 46.6 Å². The lowest BCUT2D eigenvalue weighted by Gasteiger charge is -2.20. The number of nitrogens with one attached hydrogen (secondary N) is 2. The lowest BCUT2D eigenvalue weighted by molar-refractivity contribution is -0.140. The van der Waals surface area contributed by atoms with Crippen LogP contribution in [0, 0.1) is 12.3 Å². The first-order valence-electron chi connectivity index (χ1n) is 10.8. The predicted molar refractivity (Wildman–Crippen MR) is 132 cm³/mol. The number of allylic oxidation sites excluding steroid dienone is 1. The Morgan fingerprint density at radius 3 is 2.13 bits per heavy atom. The van der Waals surface area contributed by atoms with Crippen LogP contribution in [0.4, 0.5) is 30.7 Å². The van der Waals surface area contributed by atoms with Crippen molar-refractivity contribution in [3.05, 3.63) is 73.7 Å². The highest BCUT2D eigenvalue weighted by Crippen LogP contribution is 2.43. The summed E-state index contributed by atoms with van der Waals surface area (Å²) in [5, 5.41) is 3.62. The fourth-order valence-electron chi connectivity index (χ4n) is 3.62.